The van der Waals surface area contributed by atoms with E-state index in [-0.39, 0.29) is 17.6 Å². The maximum atomic E-state index is 13.9. The van der Waals surface area contributed by atoms with E-state index in [0.29, 0.717) is 29.5 Å². The van der Waals surface area contributed by atoms with Gasteiger partial charge < -0.3 is 14.6 Å². The molecule has 1 aliphatic rings. The van der Waals surface area contributed by atoms with Crippen molar-refractivity contribution in [1.29, 1.82) is 0 Å². The van der Waals surface area contributed by atoms with Gasteiger partial charge in [-0.05, 0) is 54.8 Å². The summed E-state index contributed by atoms with van der Waals surface area (Å²) in [4.78, 5) is 26.2. The molecule has 2 aromatic carbocycles. The van der Waals surface area contributed by atoms with Gasteiger partial charge in [0.05, 0.1) is 5.56 Å². The van der Waals surface area contributed by atoms with Crippen molar-refractivity contribution in [3.63, 3.8) is 0 Å². The Morgan fingerprint density at radius 3 is 2.48 bits per heavy atom. The molecular formula is C23H21FN2O3. The lowest BCUT2D eigenvalue weighted by molar-refractivity contribution is 0.0754. The Morgan fingerprint density at radius 2 is 1.79 bits per heavy atom. The molecule has 2 amide bonds. The van der Waals surface area contributed by atoms with Gasteiger partial charge in [-0.2, -0.15) is 0 Å². The van der Waals surface area contributed by atoms with Crippen molar-refractivity contribution >= 4 is 11.8 Å². The van der Waals surface area contributed by atoms with Crippen LogP contribution in [0.15, 0.2) is 65.1 Å². The first-order chi connectivity index (χ1) is 14.0. The number of carbonyl (C=O) groups is 2. The minimum Gasteiger partial charge on any atom is -0.451 e. The average molecular weight is 392 g/mol. The van der Waals surface area contributed by atoms with Gasteiger partial charge in [0.1, 0.15) is 11.6 Å². The summed E-state index contributed by atoms with van der Waals surface area (Å²) in [6.45, 7) is 0.360. The monoisotopic (exact) mass is 392 g/mol. The molecule has 0 unspecified atom stereocenters. The van der Waals surface area contributed by atoms with E-state index in [1.54, 1.807) is 49.5 Å². The van der Waals surface area contributed by atoms with E-state index in [4.69, 9.17) is 4.42 Å². The summed E-state index contributed by atoms with van der Waals surface area (Å²) < 4.78 is 19.5. The first-order valence-electron chi connectivity index (χ1n) is 9.51. The van der Waals surface area contributed by atoms with Crippen LogP contribution in [0, 0.1) is 5.82 Å². The molecule has 6 heteroatoms. The van der Waals surface area contributed by atoms with Crippen molar-refractivity contribution in [1.82, 2.24) is 10.2 Å². The molecule has 3 aromatic rings. The van der Waals surface area contributed by atoms with Gasteiger partial charge in [-0.3, -0.25) is 9.59 Å². The zero-order valence-electron chi connectivity index (χ0n) is 16.0. The molecule has 0 saturated heterocycles. The van der Waals surface area contributed by atoms with Crippen LogP contribution in [0.5, 0.6) is 0 Å². The van der Waals surface area contributed by atoms with E-state index in [1.165, 1.54) is 11.0 Å². The lowest BCUT2D eigenvalue weighted by atomic mass is 10.1. The third-order valence-electron chi connectivity index (χ3n) is 4.85. The standard InChI is InChI=1S/C23H21FN2O3/c1-26(14-15-6-8-16(9-7-15)22(27)25-17-10-11-17)23(28)21-13-12-20(29-21)18-4-2-3-5-19(18)24/h2-9,12-13,17H,10-11,14H2,1H3,(H,25,27). The van der Waals surface area contributed by atoms with Gasteiger partial charge in [0, 0.05) is 25.2 Å². The van der Waals surface area contributed by atoms with Crippen molar-refractivity contribution in [2.45, 2.75) is 25.4 Å². The number of benzene rings is 2. The van der Waals surface area contributed by atoms with Crippen LogP contribution < -0.4 is 5.32 Å². The van der Waals surface area contributed by atoms with Gasteiger partial charge in [0.2, 0.25) is 0 Å². The number of hydrogen-bond acceptors (Lipinski definition) is 3. The Balaban J connectivity index is 1.40. The largest absolute Gasteiger partial charge is 0.451 e. The highest BCUT2D eigenvalue weighted by Crippen LogP contribution is 2.25. The summed E-state index contributed by atoms with van der Waals surface area (Å²) in [7, 11) is 1.67. The summed E-state index contributed by atoms with van der Waals surface area (Å²) in [6, 6.07) is 16.9. The van der Waals surface area contributed by atoms with Crippen LogP contribution in [0.1, 0.15) is 39.3 Å². The number of halogens is 1. The van der Waals surface area contributed by atoms with Gasteiger partial charge >= 0.3 is 0 Å². The van der Waals surface area contributed by atoms with Gasteiger partial charge in [0.25, 0.3) is 11.8 Å². The molecular weight excluding hydrogens is 371 g/mol. The maximum Gasteiger partial charge on any atom is 0.289 e. The van der Waals surface area contributed by atoms with E-state index < -0.39 is 5.82 Å². The van der Waals surface area contributed by atoms with E-state index in [1.807, 2.05) is 12.1 Å². The molecule has 5 nitrogen and oxygen atoms in total. The number of rotatable bonds is 6. The molecule has 0 spiro atoms. The quantitative estimate of drug-likeness (QED) is 0.682. The Hall–Kier alpha value is -3.41. The van der Waals surface area contributed by atoms with Crippen molar-refractivity contribution < 1.29 is 18.4 Å². The van der Waals surface area contributed by atoms with Crippen molar-refractivity contribution in [2.24, 2.45) is 0 Å². The first-order valence-corrected chi connectivity index (χ1v) is 9.51. The van der Waals surface area contributed by atoms with Crippen LogP contribution >= 0.6 is 0 Å². The van der Waals surface area contributed by atoms with Crippen LogP contribution in [-0.2, 0) is 6.54 Å². The van der Waals surface area contributed by atoms with Crippen LogP contribution in [-0.4, -0.2) is 29.8 Å². The van der Waals surface area contributed by atoms with Crippen LogP contribution in [0.2, 0.25) is 0 Å². The normalized spacial score (nSPS) is 13.2. The second-order valence-electron chi connectivity index (χ2n) is 7.25. The number of amides is 2. The highest BCUT2D eigenvalue weighted by molar-refractivity contribution is 5.94. The van der Waals surface area contributed by atoms with Crippen LogP contribution in [0.3, 0.4) is 0 Å². The van der Waals surface area contributed by atoms with Gasteiger partial charge in [-0.25, -0.2) is 4.39 Å². The molecule has 1 N–H and O–H groups in total. The molecule has 1 aromatic heterocycles. The highest BCUT2D eigenvalue weighted by Gasteiger charge is 2.24. The fraction of sp³-hybridized carbons (Fsp3) is 0.217. The minimum absolute atomic E-state index is 0.0697. The number of carbonyl (C=O) groups excluding carboxylic acids is 2. The molecule has 0 bridgehead atoms. The Kier molecular flexibility index (Phi) is 5.16. The Labute approximate surface area is 168 Å². The lowest BCUT2D eigenvalue weighted by Crippen LogP contribution is -2.26. The first kappa shape index (κ1) is 18.9. The molecule has 0 radical (unpaired) electrons. The van der Waals surface area contributed by atoms with E-state index in [2.05, 4.69) is 5.32 Å². The second-order valence-corrected chi connectivity index (χ2v) is 7.25. The summed E-state index contributed by atoms with van der Waals surface area (Å²) in [6.07, 6.45) is 2.09. The van der Waals surface area contributed by atoms with Gasteiger partial charge in [-0.1, -0.05) is 24.3 Å². The molecule has 29 heavy (non-hydrogen) atoms. The fourth-order valence-corrected chi connectivity index (χ4v) is 3.05. The smallest absolute Gasteiger partial charge is 0.289 e. The summed E-state index contributed by atoms with van der Waals surface area (Å²) in [5.74, 6) is -0.319. The zero-order chi connectivity index (χ0) is 20.4. The molecule has 4 rings (SSSR count). The topological polar surface area (TPSA) is 62.6 Å². The predicted molar refractivity (Wildman–Crippen MR) is 107 cm³/mol. The second kappa shape index (κ2) is 7.91. The zero-order valence-corrected chi connectivity index (χ0v) is 16.0. The summed E-state index contributed by atoms with van der Waals surface area (Å²) in [5, 5.41) is 2.95. The lowest BCUT2D eigenvalue weighted by Gasteiger charge is -2.16. The van der Waals surface area contributed by atoms with E-state index in [0.717, 1.165) is 18.4 Å². The Bertz CT molecular complexity index is 1040. The number of furan rings is 1. The average Bonchev–Trinajstić information content (AvgIpc) is 3.40. The van der Waals surface area contributed by atoms with Gasteiger partial charge in [0.15, 0.2) is 5.76 Å². The predicted octanol–water partition coefficient (Wildman–Crippen LogP) is 4.25. The molecule has 0 atom stereocenters. The van der Waals surface area contributed by atoms with Crippen molar-refractivity contribution in [2.75, 3.05) is 7.05 Å². The fourth-order valence-electron chi connectivity index (χ4n) is 3.05. The molecule has 1 heterocycles. The number of nitrogens with one attached hydrogen (secondary N) is 1. The number of hydrogen-bond donors (Lipinski definition) is 1. The molecule has 148 valence electrons. The van der Waals surface area contributed by atoms with Gasteiger partial charge in [-0.15, -0.1) is 0 Å². The maximum absolute atomic E-state index is 13.9. The summed E-state index contributed by atoms with van der Waals surface area (Å²) in [5.41, 5.74) is 1.81. The molecule has 1 fully saturated rings. The highest BCUT2D eigenvalue weighted by atomic mass is 19.1. The third-order valence-corrected chi connectivity index (χ3v) is 4.85. The number of nitrogens with zero attached hydrogens (tertiary/aromatic N) is 1. The van der Waals surface area contributed by atoms with Crippen molar-refractivity contribution in [3.05, 3.63) is 83.4 Å². The SMILES string of the molecule is CN(Cc1ccc(C(=O)NC2CC2)cc1)C(=O)c1ccc(-c2ccccc2F)o1. The minimum atomic E-state index is -0.403. The molecule has 1 aliphatic carbocycles. The molecule has 1 saturated carbocycles. The summed E-state index contributed by atoms with van der Waals surface area (Å²) >= 11 is 0. The van der Waals surface area contributed by atoms with Crippen LogP contribution in [0.4, 0.5) is 4.39 Å². The van der Waals surface area contributed by atoms with E-state index >= 15 is 0 Å². The third kappa shape index (κ3) is 4.37. The Morgan fingerprint density at radius 1 is 1.07 bits per heavy atom. The van der Waals surface area contributed by atoms with E-state index in [9.17, 15) is 14.0 Å². The van der Waals surface area contributed by atoms with Crippen molar-refractivity contribution in [3.8, 4) is 11.3 Å². The molecule has 0 aliphatic heterocycles. The van der Waals surface area contributed by atoms with Crippen LogP contribution in [0.25, 0.3) is 11.3 Å².